The van der Waals surface area contributed by atoms with E-state index in [2.05, 4.69) is 26.1 Å². The number of carbonyl (C=O) groups is 2. The number of benzene rings is 1. The first kappa shape index (κ1) is 22.6. The molecule has 0 radical (unpaired) electrons. The Kier molecular flexibility index (Phi) is 6.78. The maximum atomic E-state index is 12.5. The Labute approximate surface area is 186 Å². The number of esters is 1. The Bertz CT molecular complexity index is 961. The smallest absolute Gasteiger partial charge is 0.341 e. The van der Waals surface area contributed by atoms with Gasteiger partial charge in [-0.2, -0.15) is 0 Å². The number of rotatable bonds is 5. The van der Waals surface area contributed by atoms with Gasteiger partial charge in [-0.25, -0.2) is 4.79 Å². The van der Waals surface area contributed by atoms with E-state index < -0.39 is 5.97 Å². The maximum Gasteiger partial charge on any atom is 0.341 e. The Hall–Kier alpha value is -2.05. The standard InChI is InChI=1S/C23H28ClNO4S/c1-13-10-15(7-9-17(13)24)29-12-19(26)25-21-20(22(27)28-5)16-8-6-14(23(2,3)4)11-18(16)30-21/h7,9-10,14H,6,8,11-12H2,1-5H3,(H,25,26)/t14-/m0/s1. The van der Waals surface area contributed by atoms with Crippen LogP contribution in [0.5, 0.6) is 5.75 Å². The van der Waals surface area contributed by atoms with E-state index in [-0.39, 0.29) is 17.9 Å². The number of methoxy groups -OCH3 is 1. The third kappa shape index (κ3) is 4.98. The van der Waals surface area contributed by atoms with Gasteiger partial charge in [0.05, 0.1) is 12.7 Å². The van der Waals surface area contributed by atoms with Crippen LogP contribution in [0.25, 0.3) is 0 Å². The highest BCUT2D eigenvalue weighted by atomic mass is 35.5. The number of halogens is 1. The first-order valence-corrected chi connectivity index (χ1v) is 11.2. The summed E-state index contributed by atoms with van der Waals surface area (Å²) in [5.41, 5.74) is 2.57. The van der Waals surface area contributed by atoms with E-state index in [1.54, 1.807) is 18.2 Å². The fraction of sp³-hybridized carbons (Fsp3) is 0.478. The minimum atomic E-state index is -0.411. The van der Waals surface area contributed by atoms with E-state index in [9.17, 15) is 9.59 Å². The Morgan fingerprint density at radius 1 is 1.30 bits per heavy atom. The fourth-order valence-corrected chi connectivity index (χ4v) is 5.20. The van der Waals surface area contributed by atoms with Crippen molar-refractivity contribution in [2.75, 3.05) is 19.0 Å². The molecule has 1 amide bonds. The van der Waals surface area contributed by atoms with Crippen LogP contribution in [-0.2, 0) is 22.4 Å². The molecule has 0 aliphatic heterocycles. The molecule has 0 bridgehead atoms. The van der Waals surface area contributed by atoms with Gasteiger partial charge >= 0.3 is 5.97 Å². The van der Waals surface area contributed by atoms with Gasteiger partial charge in [-0.15, -0.1) is 11.3 Å². The maximum absolute atomic E-state index is 12.5. The zero-order valence-corrected chi connectivity index (χ0v) is 19.6. The van der Waals surface area contributed by atoms with E-state index >= 15 is 0 Å². The number of thiophene rings is 1. The van der Waals surface area contributed by atoms with Crippen molar-refractivity contribution in [1.82, 2.24) is 0 Å². The van der Waals surface area contributed by atoms with E-state index in [4.69, 9.17) is 21.1 Å². The van der Waals surface area contributed by atoms with Gasteiger partial charge in [0, 0.05) is 9.90 Å². The quantitative estimate of drug-likeness (QED) is 0.597. The molecule has 0 saturated heterocycles. The molecule has 0 fully saturated rings. The predicted octanol–water partition coefficient (Wildman–Crippen LogP) is 5.67. The fourth-order valence-electron chi connectivity index (χ4n) is 3.75. The van der Waals surface area contributed by atoms with Crippen LogP contribution in [0.3, 0.4) is 0 Å². The molecule has 1 aliphatic carbocycles. The second-order valence-electron chi connectivity index (χ2n) is 8.75. The Morgan fingerprint density at radius 3 is 2.67 bits per heavy atom. The molecular formula is C23H28ClNO4S. The molecule has 1 N–H and O–H groups in total. The average Bonchev–Trinajstić information content (AvgIpc) is 3.04. The van der Waals surface area contributed by atoms with Crippen molar-refractivity contribution in [2.24, 2.45) is 11.3 Å². The summed E-state index contributed by atoms with van der Waals surface area (Å²) in [4.78, 5) is 26.2. The van der Waals surface area contributed by atoms with Gasteiger partial charge in [-0.3, -0.25) is 4.79 Å². The van der Waals surface area contributed by atoms with E-state index in [1.807, 2.05) is 6.92 Å². The molecule has 3 rings (SSSR count). The average molecular weight is 450 g/mol. The van der Waals surface area contributed by atoms with Crippen LogP contribution in [0.15, 0.2) is 18.2 Å². The predicted molar refractivity (Wildman–Crippen MR) is 121 cm³/mol. The Morgan fingerprint density at radius 2 is 2.03 bits per heavy atom. The van der Waals surface area contributed by atoms with Crippen molar-refractivity contribution < 1.29 is 19.1 Å². The van der Waals surface area contributed by atoms with Crippen LogP contribution < -0.4 is 10.1 Å². The van der Waals surface area contributed by atoms with Crippen LogP contribution in [0, 0.1) is 18.3 Å². The van der Waals surface area contributed by atoms with Crippen molar-refractivity contribution in [2.45, 2.75) is 47.0 Å². The summed E-state index contributed by atoms with van der Waals surface area (Å²) in [5, 5.41) is 4.05. The van der Waals surface area contributed by atoms with Crippen LogP contribution in [0.2, 0.25) is 5.02 Å². The zero-order valence-electron chi connectivity index (χ0n) is 18.1. The summed E-state index contributed by atoms with van der Waals surface area (Å²) in [5.74, 6) is 0.373. The zero-order chi connectivity index (χ0) is 22.1. The number of nitrogens with one attached hydrogen (secondary N) is 1. The molecular weight excluding hydrogens is 422 g/mol. The lowest BCUT2D eigenvalue weighted by Gasteiger charge is -2.33. The van der Waals surface area contributed by atoms with Crippen molar-refractivity contribution in [3.05, 3.63) is 44.8 Å². The van der Waals surface area contributed by atoms with Gasteiger partial charge in [0.25, 0.3) is 5.91 Å². The van der Waals surface area contributed by atoms with Gasteiger partial charge < -0.3 is 14.8 Å². The van der Waals surface area contributed by atoms with Crippen LogP contribution >= 0.6 is 22.9 Å². The van der Waals surface area contributed by atoms with Gasteiger partial charge in [0.1, 0.15) is 10.8 Å². The molecule has 30 heavy (non-hydrogen) atoms. The van der Waals surface area contributed by atoms with Crippen molar-refractivity contribution in [3.63, 3.8) is 0 Å². The molecule has 1 aromatic carbocycles. The molecule has 7 heteroatoms. The second kappa shape index (κ2) is 8.98. The molecule has 0 unspecified atom stereocenters. The highest BCUT2D eigenvalue weighted by Gasteiger charge is 2.34. The van der Waals surface area contributed by atoms with Gasteiger partial charge in [0.2, 0.25) is 0 Å². The third-order valence-corrected chi connectivity index (χ3v) is 7.23. The summed E-state index contributed by atoms with van der Waals surface area (Å²) < 4.78 is 10.6. The molecule has 1 aliphatic rings. The van der Waals surface area contributed by atoms with Crippen LogP contribution in [0.4, 0.5) is 5.00 Å². The largest absolute Gasteiger partial charge is 0.484 e. The summed E-state index contributed by atoms with van der Waals surface area (Å²) in [6.07, 6.45) is 2.74. The molecule has 1 atom stereocenters. The SMILES string of the molecule is COC(=O)c1c(NC(=O)COc2ccc(Cl)c(C)c2)sc2c1CC[C@H](C(C)(C)C)C2. The molecule has 2 aromatic rings. The van der Waals surface area contributed by atoms with Crippen LogP contribution in [-0.4, -0.2) is 25.6 Å². The number of ether oxygens (including phenoxy) is 2. The number of hydrogen-bond acceptors (Lipinski definition) is 5. The normalized spacial score (nSPS) is 16.0. The summed E-state index contributed by atoms with van der Waals surface area (Å²) in [6.45, 7) is 8.45. The lowest BCUT2D eigenvalue weighted by Crippen LogP contribution is -2.26. The number of fused-ring (bicyclic) bond motifs is 1. The number of carbonyl (C=O) groups excluding carboxylic acids is 2. The molecule has 0 saturated carbocycles. The summed E-state index contributed by atoms with van der Waals surface area (Å²) in [6, 6.07) is 5.24. The van der Waals surface area contributed by atoms with Crippen molar-refractivity contribution >= 4 is 39.8 Å². The monoisotopic (exact) mass is 449 g/mol. The number of aryl methyl sites for hydroxylation is 1. The third-order valence-electron chi connectivity index (χ3n) is 5.63. The van der Waals surface area contributed by atoms with E-state index in [1.165, 1.54) is 18.4 Å². The van der Waals surface area contributed by atoms with Gasteiger partial charge in [-0.1, -0.05) is 32.4 Å². The second-order valence-corrected chi connectivity index (χ2v) is 10.3. The minimum absolute atomic E-state index is 0.158. The molecule has 162 valence electrons. The van der Waals surface area contributed by atoms with Crippen LogP contribution in [0.1, 0.15) is 53.6 Å². The van der Waals surface area contributed by atoms with E-state index in [0.717, 1.165) is 35.3 Å². The Balaban J connectivity index is 1.76. The molecule has 5 nitrogen and oxygen atoms in total. The molecule has 0 spiro atoms. The van der Waals surface area contributed by atoms with E-state index in [0.29, 0.717) is 27.3 Å². The highest BCUT2D eigenvalue weighted by molar-refractivity contribution is 7.17. The topological polar surface area (TPSA) is 64.6 Å². The summed E-state index contributed by atoms with van der Waals surface area (Å²) in [7, 11) is 1.37. The minimum Gasteiger partial charge on any atom is -0.484 e. The molecule has 1 heterocycles. The lowest BCUT2D eigenvalue weighted by molar-refractivity contribution is -0.118. The van der Waals surface area contributed by atoms with Crippen molar-refractivity contribution in [1.29, 1.82) is 0 Å². The first-order chi connectivity index (χ1) is 14.1. The number of anilines is 1. The number of amides is 1. The first-order valence-electron chi connectivity index (χ1n) is 10.0. The lowest BCUT2D eigenvalue weighted by atomic mass is 9.72. The van der Waals surface area contributed by atoms with Gasteiger partial charge in [-0.05, 0) is 66.8 Å². The number of hydrogen-bond donors (Lipinski definition) is 1. The van der Waals surface area contributed by atoms with Crippen molar-refractivity contribution in [3.8, 4) is 5.75 Å². The van der Waals surface area contributed by atoms with Gasteiger partial charge in [0.15, 0.2) is 6.61 Å². The summed E-state index contributed by atoms with van der Waals surface area (Å²) >= 11 is 7.50. The molecule has 1 aromatic heterocycles. The highest BCUT2D eigenvalue weighted by Crippen LogP contribution is 2.44.